The van der Waals surface area contributed by atoms with E-state index in [0.29, 0.717) is 18.1 Å². The summed E-state index contributed by atoms with van der Waals surface area (Å²) >= 11 is 0. The maximum atomic E-state index is 11.9. The number of ether oxygens (including phenoxy) is 2. The van der Waals surface area contributed by atoms with Crippen molar-refractivity contribution in [3.63, 3.8) is 0 Å². The van der Waals surface area contributed by atoms with E-state index in [2.05, 4.69) is 32.6 Å². The molecule has 2 unspecified atom stereocenters. The highest BCUT2D eigenvalue weighted by Gasteiger charge is 2.50. The molecule has 0 spiro atoms. The average molecular weight is 332 g/mol. The number of allylic oxidation sites excluding steroid dienone is 2. The maximum Gasteiger partial charge on any atom is 0.334 e. The average Bonchev–Trinajstić information content (AvgIpc) is 3.10. The van der Waals surface area contributed by atoms with Gasteiger partial charge < -0.3 is 14.6 Å². The van der Waals surface area contributed by atoms with Crippen LogP contribution in [0.3, 0.4) is 0 Å². The summed E-state index contributed by atoms with van der Waals surface area (Å²) in [6, 6.07) is 0. The van der Waals surface area contributed by atoms with Crippen LogP contribution in [-0.2, 0) is 14.3 Å². The number of aliphatic hydroxyl groups is 1. The molecule has 4 atom stereocenters. The summed E-state index contributed by atoms with van der Waals surface area (Å²) in [5.74, 6) is -0.268. The van der Waals surface area contributed by atoms with Crippen LogP contribution >= 0.6 is 0 Å². The molecule has 24 heavy (non-hydrogen) atoms. The number of carbonyl (C=O) groups is 1. The normalized spacial score (nSPS) is 41.9. The lowest BCUT2D eigenvalue weighted by molar-refractivity contribution is -0.139. The largest absolute Gasteiger partial charge is 0.458 e. The summed E-state index contributed by atoms with van der Waals surface area (Å²) in [5, 5.41) is 9.62. The zero-order valence-electron chi connectivity index (χ0n) is 14.7. The predicted octanol–water partition coefficient (Wildman–Crippen LogP) is 3.46. The van der Waals surface area contributed by atoms with E-state index in [1.807, 2.05) is 0 Å². The van der Waals surface area contributed by atoms with E-state index in [9.17, 15) is 9.90 Å². The van der Waals surface area contributed by atoms with Crippen LogP contribution in [0.25, 0.3) is 0 Å². The number of esters is 1. The monoisotopic (exact) mass is 332 g/mol. The molecule has 0 aromatic rings. The lowest BCUT2D eigenvalue weighted by Gasteiger charge is -2.18. The van der Waals surface area contributed by atoms with Gasteiger partial charge in [0.25, 0.3) is 0 Å². The van der Waals surface area contributed by atoms with Gasteiger partial charge in [-0.25, -0.2) is 4.79 Å². The van der Waals surface area contributed by atoms with Gasteiger partial charge in [0.15, 0.2) is 0 Å². The van der Waals surface area contributed by atoms with Crippen LogP contribution in [0.4, 0.5) is 0 Å². The highest BCUT2D eigenvalue weighted by Crippen LogP contribution is 2.44. The Labute approximate surface area is 144 Å². The number of epoxide rings is 1. The third kappa shape index (κ3) is 3.65. The topological polar surface area (TPSA) is 59.1 Å². The second-order valence-electron chi connectivity index (χ2n) is 7.58. The van der Waals surface area contributed by atoms with E-state index in [1.54, 1.807) is 0 Å². The number of hydrogen-bond acceptors (Lipinski definition) is 4. The van der Waals surface area contributed by atoms with Crippen molar-refractivity contribution in [2.24, 2.45) is 5.92 Å². The van der Waals surface area contributed by atoms with Crippen LogP contribution in [0.15, 0.2) is 35.5 Å². The fourth-order valence-electron chi connectivity index (χ4n) is 3.89. The molecular formula is C20H28O4. The zero-order chi connectivity index (χ0) is 17.3. The van der Waals surface area contributed by atoms with Crippen LogP contribution < -0.4 is 0 Å². The Bertz CT molecular complexity index is 588. The van der Waals surface area contributed by atoms with Crippen molar-refractivity contribution in [1.82, 2.24) is 0 Å². The van der Waals surface area contributed by atoms with Crippen molar-refractivity contribution in [2.45, 2.75) is 70.2 Å². The van der Waals surface area contributed by atoms with E-state index < -0.39 is 0 Å². The van der Waals surface area contributed by atoms with Gasteiger partial charge in [0.05, 0.1) is 18.3 Å². The molecule has 2 saturated heterocycles. The van der Waals surface area contributed by atoms with E-state index in [0.717, 1.165) is 37.7 Å². The smallest absolute Gasteiger partial charge is 0.334 e. The third-order valence-corrected chi connectivity index (χ3v) is 5.70. The van der Waals surface area contributed by atoms with E-state index in [4.69, 9.17) is 9.47 Å². The first-order valence-corrected chi connectivity index (χ1v) is 8.95. The van der Waals surface area contributed by atoms with Gasteiger partial charge in [0, 0.05) is 17.9 Å². The summed E-state index contributed by atoms with van der Waals surface area (Å²) in [6.45, 7) is 8.25. The van der Waals surface area contributed by atoms with Crippen LogP contribution in [0.2, 0.25) is 0 Å². The molecule has 3 rings (SSSR count). The van der Waals surface area contributed by atoms with Gasteiger partial charge in [-0.15, -0.1) is 0 Å². The molecule has 0 bridgehead atoms. The third-order valence-electron chi connectivity index (χ3n) is 5.70. The number of fused-ring (bicyclic) bond motifs is 2. The summed E-state index contributed by atoms with van der Waals surface area (Å²) in [6.07, 6.45) is 9.68. The van der Waals surface area contributed by atoms with Gasteiger partial charge in [0.1, 0.15) is 6.10 Å². The van der Waals surface area contributed by atoms with Crippen molar-refractivity contribution in [3.8, 4) is 0 Å². The first-order valence-electron chi connectivity index (χ1n) is 8.95. The molecule has 4 nitrogen and oxygen atoms in total. The number of carbonyl (C=O) groups excluding carboxylic acids is 1. The Kier molecular flexibility index (Phi) is 4.97. The number of hydrogen-bond donors (Lipinski definition) is 1. The minimum atomic E-state index is -0.275. The Morgan fingerprint density at radius 2 is 2.21 bits per heavy atom. The summed E-state index contributed by atoms with van der Waals surface area (Å²) in [4.78, 5) is 11.9. The van der Waals surface area contributed by atoms with Crippen LogP contribution in [-0.4, -0.2) is 35.5 Å². The maximum absolute atomic E-state index is 11.9. The summed E-state index contributed by atoms with van der Waals surface area (Å²) < 4.78 is 11.4. The summed E-state index contributed by atoms with van der Waals surface area (Å²) in [5.41, 5.74) is 2.81. The summed E-state index contributed by atoms with van der Waals surface area (Å²) in [7, 11) is 0. The minimum Gasteiger partial charge on any atom is -0.458 e. The molecular weight excluding hydrogens is 304 g/mol. The number of rotatable bonds is 1. The van der Waals surface area contributed by atoms with Crippen molar-refractivity contribution >= 4 is 5.97 Å². The van der Waals surface area contributed by atoms with Crippen LogP contribution in [0.1, 0.15) is 52.4 Å². The van der Waals surface area contributed by atoms with Crippen molar-refractivity contribution in [2.75, 3.05) is 6.61 Å². The molecule has 2 heterocycles. The second kappa shape index (κ2) is 6.85. The standard InChI is InChI=1S/C20H28O4/c1-13-5-4-10-20(3)18(24-20)9-7-15(12-21)6-8-16-14(2)19(22)23-17(16)11-13/h5-6,16-18,21H,2,4,7-12H2,1,3H3/b13-5+,15-6-/t16-,17+,18?,20?/m1/s1. The minimum absolute atomic E-state index is 0.00720. The van der Waals surface area contributed by atoms with Crippen molar-refractivity contribution < 1.29 is 19.4 Å². The highest BCUT2D eigenvalue weighted by molar-refractivity contribution is 5.90. The fraction of sp³-hybridized carbons (Fsp3) is 0.650. The quantitative estimate of drug-likeness (QED) is 0.346. The first-order chi connectivity index (χ1) is 11.4. The van der Waals surface area contributed by atoms with E-state index in [1.165, 1.54) is 5.57 Å². The van der Waals surface area contributed by atoms with Crippen LogP contribution in [0.5, 0.6) is 0 Å². The van der Waals surface area contributed by atoms with Crippen molar-refractivity contribution in [3.05, 3.63) is 35.5 Å². The van der Waals surface area contributed by atoms with Gasteiger partial charge in [-0.05, 0) is 51.5 Å². The van der Waals surface area contributed by atoms with Gasteiger partial charge in [0.2, 0.25) is 0 Å². The Hall–Kier alpha value is -1.39. The molecule has 0 aromatic carbocycles. The highest BCUT2D eigenvalue weighted by atomic mass is 16.6. The second-order valence-corrected chi connectivity index (χ2v) is 7.58. The predicted molar refractivity (Wildman–Crippen MR) is 92.4 cm³/mol. The molecule has 0 amide bonds. The molecule has 1 N–H and O–H groups in total. The lowest BCUT2D eigenvalue weighted by Crippen LogP contribution is -2.17. The van der Waals surface area contributed by atoms with E-state index >= 15 is 0 Å². The number of aliphatic hydroxyl groups excluding tert-OH is 1. The van der Waals surface area contributed by atoms with E-state index in [-0.39, 0.29) is 30.2 Å². The Balaban J connectivity index is 1.79. The molecule has 3 aliphatic rings. The lowest BCUT2D eigenvalue weighted by atomic mass is 9.88. The van der Waals surface area contributed by atoms with Gasteiger partial charge in [-0.3, -0.25) is 0 Å². The first kappa shape index (κ1) is 17.4. The fourth-order valence-corrected chi connectivity index (χ4v) is 3.89. The van der Waals surface area contributed by atoms with Gasteiger partial charge in [-0.1, -0.05) is 24.3 Å². The molecule has 1 aliphatic carbocycles. The SMILES string of the molecule is C=C1C(=O)O[C@H]2C/C(C)=C/CCC3(C)OC3CC/C(CO)=C/C[C@H]12. The zero-order valence-corrected chi connectivity index (χ0v) is 14.7. The Morgan fingerprint density at radius 3 is 2.96 bits per heavy atom. The molecule has 132 valence electrons. The Morgan fingerprint density at radius 1 is 1.42 bits per heavy atom. The molecule has 4 heteroatoms. The molecule has 0 saturated carbocycles. The molecule has 0 radical (unpaired) electrons. The van der Waals surface area contributed by atoms with Gasteiger partial charge in [-0.2, -0.15) is 0 Å². The van der Waals surface area contributed by atoms with Crippen LogP contribution in [0, 0.1) is 5.92 Å². The molecule has 0 aromatic heterocycles. The molecule has 2 fully saturated rings. The van der Waals surface area contributed by atoms with Gasteiger partial charge >= 0.3 is 5.97 Å². The van der Waals surface area contributed by atoms with Crippen molar-refractivity contribution in [1.29, 1.82) is 0 Å². The molecule has 2 aliphatic heterocycles.